The van der Waals surface area contributed by atoms with Crippen LogP contribution in [0.4, 0.5) is 0 Å². The molecule has 0 spiro atoms. The van der Waals surface area contributed by atoms with E-state index in [0.717, 1.165) is 25.1 Å². The summed E-state index contributed by atoms with van der Waals surface area (Å²) >= 11 is 0. The zero-order valence-electron chi connectivity index (χ0n) is 7.78. The van der Waals surface area contributed by atoms with Crippen LogP contribution < -0.4 is 5.32 Å². The monoisotopic (exact) mass is 154 g/mol. The highest BCUT2D eigenvalue weighted by molar-refractivity contribution is 5.81. The van der Waals surface area contributed by atoms with Gasteiger partial charge in [-0.2, -0.15) is 0 Å². The van der Waals surface area contributed by atoms with Crippen LogP contribution in [-0.4, -0.2) is 19.3 Å². The molecule has 2 heteroatoms. The second-order valence-corrected chi connectivity index (χ2v) is 2.77. The third-order valence-corrected chi connectivity index (χ3v) is 1.52. The molecule has 0 heterocycles. The van der Waals surface area contributed by atoms with Gasteiger partial charge in [-0.1, -0.05) is 6.58 Å². The Balaban J connectivity index is 3.21. The molecular formula is C9H18N2. The highest BCUT2D eigenvalue weighted by Crippen LogP contribution is 1.91. The minimum Gasteiger partial charge on any atom is -0.389 e. The summed E-state index contributed by atoms with van der Waals surface area (Å²) in [6.07, 6.45) is 2.22. The van der Waals surface area contributed by atoms with Crippen molar-refractivity contribution in [2.75, 3.05) is 13.6 Å². The van der Waals surface area contributed by atoms with Gasteiger partial charge in [0.15, 0.2) is 0 Å². The Morgan fingerprint density at radius 1 is 1.45 bits per heavy atom. The number of hydrogen-bond donors (Lipinski definition) is 1. The molecule has 0 aromatic rings. The minimum absolute atomic E-state index is 1.00. The molecule has 0 amide bonds. The molecule has 0 fully saturated rings. The Labute approximate surface area is 69.4 Å². The smallest absolute Gasteiger partial charge is 0.0276 e. The van der Waals surface area contributed by atoms with E-state index in [-0.39, 0.29) is 0 Å². The SMILES string of the molecule is C=C(C)NCCCC(C)=NC. The van der Waals surface area contributed by atoms with E-state index in [0.29, 0.717) is 0 Å². The Morgan fingerprint density at radius 2 is 2.09 bits per heavy atom. The van der Waals surface area contributed by atoms with Crippen molar-refractivity contribution in [3.63, 3.8) is 0 Å². The zero-order chi connectivity index (χ0) is 8.69. The van der Waals surface area contributed by atoms with Crippen LogP contribution in [0, 0.1) is 0 Å². The van der Waals surface area contributed by atoms with Crippen LogP contribution in [0.15, 0.2) is 17.3 Å². The van der Waals surface area contributed by atoms with Crippen LogP contribution in [0.2, 0.25) is 0 Å². The van der Waals surface area contributed by atoms with Crippen molar-refractivity contribution in [1.82, 2.24) is 5.32 Å². The minimum atomic E-state index is 1.00. The second kappa shape index (κ2) is 5.96. The van der Waals surface area contributed by atoms with E-state index in [4.69, 9.17) is 0 Å². The third-order valence-electron chi connectivity index (χ3n) is 1.52. The number of hydrogen-bond acceptors (Lipinski definition) is 2. The summed E-state index contributed by atoms with van der Waals surface area (Å²) in [5, 5.41) is 3.18. The van der Waals surface area contributed by atoms with Gasteiger partial charge in [-0.15, -0.1) is 0 Å². The first-order valence-electron chi connectivity index (χ1n) is 3.98. The van der Waals surface area contributed by atoms with Gasteiger partial charge in [0.1, 0.15) is 0 Å². The molecule has 0 rings (SSSR count). The largest absolute Gasteiger partial charge is 0.389 e. The molecule has 0 aromatic carbocycles. The lowest BCUT2D eigenvalue weighted by molar-refractivity contribution is 0.746. The van der Waals surface area contributed by atoms with Crippen LogP contribution in [0.3, 0.4) is 0 Å². The Kier molecular flexibility index (Phi) is 5.53. The maximum absolute atomic E-state index is 4.07. The predicted octanol–water partition coefficient (Wildman–Crippen LogP) is 1.98. The molecule has 0 bridgehead atoms. The highest BCUT2D eigenvalue weighted by atomic mass is 14.9. The van der Waals surface area contributed by atoms with Crippen molar-refractivity contribution >= 4 is 5.71 Å². The Hall–Kier alpha value is -0.790. The summed E-state index contributed by atoms with van der Waals surface area (Å²) in [6.45, 7) is 8.78. The van der Waals surface area contributed by atoms with Crippen molar-refractivity contribution in [2.24, 2.45) is 4.99 Å². The van der Waals surface area contributed by atoms with Gasteiger partial charge in [0, 0.05) is 25.0 Å². The molecule has 0 aliphatic rings. The molecule has 0 atom stereocenters. The number of allylic oxidation sites excluding steroid dienone is 1. The number of rotatable bonds is 5. The Morgan fingerprint density at radius 3 is 2.55 bits per heavy atom. The number of aliphatic imine (C=N–C) groups is 1. The van der Waals surface area contributed by atoms with Crippen molar-refractivity contribution in [2.45, 2.75) is 26.7 Å². The summed E-state index contributed by atoms with van der Waals surface area (Å²) in [5.41, 5.74) is 2.25. The molecular weight excluding hydrogens is 136 g/mol. The van der Waals surface area contributed by atoms with Crippen molar-refractivity contribution in [3.8, 4) is 0 Å². The molecule has 0 saturated heterocycles. The maximum atomic E-state index is 4.07. The lowest BCUT2D eigenvalue weighted by Crippen LogP contribution is -2.12. The third kappa shape index (κ3) is 7.10. The van der Waals surface area contributed by atoms with Gasteiger partial charge < -0.3 is 5.32 Å². The van der Waals surface area contributed by atoms with Gasteiger partial charge in [0.2, 0.25) is 0 Å². The molecule has 0 aliphatic heterocycles. The van der Waals surface area contributed by atoms with Gasteiger partial charge in [-0.25, -0.2) is 0 Å². The van der Waals surface area contributed by atoms with Crippen molar-refractivity contribution in [1.29, 1.82) is 0 Å². The molecule has 0 aromatic heterocycles. The predicted molar refractivity (Wildman–Crippen MR) is 51.1 cm³/mol. The van der Waals surface area contributed by atoms with Gasteiger partial charge in [-0.3, -0.25) is 4.99 Å². The molecule has 0 saturated carbocycles. The quantitative estimate of drug-likeness (QED) is 0.475. The van der Waals surface area contributed by atoms with Gasteiger partial charge in [0.25, 0.3) is 0 Å². The van der Waals surface area contributed by atoms with E-state index < -0.39 is 0 Å². The molecule has 2 nitrogen and oxygen atoms in total. The summed E-state index contributed by atoms with van der Waals surface area (Å²) < 4.78 is 0. The topological polar surface area (TPSA) is 24.4 Å². The van der Waals surface area contributed by atoms with E-state index in [9.17, 15) is 0 Å². The molecule has 0 unspecified atom stereocenters. The van der Waals surface area contributed by atoms with Crippen LogP contribution in [-0.2, 0) is 0 Å². The molecule has 0 aliphatic carbocycles. The highest BCUT2D eigenvalue weighted by Gasteiger charge is 1.89. The molecule has 1 N–H and O–H groups in total. The van der Waals surface area contributed by atoms with E-state index >= 15 is 0 Å². The van der Waals surface area contributed by atoms with Crippen molar-refractivity contribution in [3.05, 3.63) is 12.3 Å². The molecule has 0 radical (unpaired) electrons. The van der Waals surface area contributed by atoms with Gasteiger partial charge in [-0.05, 0) is 26.7 Å². The Bertz CT molecular complexity index is 148. The number of nitrogens with one attached hydrogen (secondary N) is 1. The normalized spacial score (nSPS) is 11.4. The maximum Gasteiger partial charge on any atom is 0.0276 e. The summed E-state index contributed by atoms with van der Waals surface area (Å²) in [6, 6.07) is 0. The fraction of sp³-hybridized carbons (Fsp3) is 0.667. The molecule has 11 heavy (non-hydrogen) atoms. The van der Waals surface area contributed by atoms with Crippen LogP contribution in [0.5, 0.6) is 0 Å². The summed E-state index contributed by atoms with van der Waals surface area (Å²) in [7, 11) is 1.83. The fourth-order valence-electron chi connectivity index (χ4n) is 0.758. The lowest BCUT2D eigenvalue weighted by Gasteiger charge is -2.03. The average Bonchev–Trinajstić information content (AvgIpc) is 1.97. The van der Waals surface area contributed by atoms with Crippen LogP contribution in [0.25, 0.3) is 0 Å². The number of nitrogens with zero attached hydrogens (tertiary/aromatic N) is 1. The van der Waals surface area contributed by atoms with Crippen LogP contribution in [0.1, 0.15) is 26.7 Å². The average molecular weight is 154 g/mol. The first-order chi connectivity index (χ1) is 5.16. The lowest BCUT2D eigenvalue weighted by atomic mass is 10.2. The first kappa shape index (κ1) is 10.2. The van der Waals surface area contributed by atoms with Crippen LogP contribution >= 0.6 is 0 Å². The standard InChI is InChI=1S/C9H18N2/c1-8(2)11-7-5-6-9(3)10-4/h11H,1,5-7H2,2-4H3. The van der Waals surface area contributed by atoms with E-state index in [2.05, 4.69) is 23.8 Å². The zero-order valence-corrected chi connectivity index (χ0v) is 7.78. The van der Waals surface area contributed by atoms with Crippen molar-refractivity contribution < 1.29 is 0 Å². The van der Waals surface area contributed by atoms with E-state index in [1.807, 2.05) is 14.0 Å². The summed E-state index contributed by atoms with van der Waals surface area (Å²) in [5.74, 6) is 0. The van der Waals surface area contributed by atoms with Gasteiger partial charge >= 0.3 is 0 Å². The van der Waals surface area contributed by atoms with E-state index in [1.54, 1.807) is 0 Å². The molecule has 64 valence electrons. The fourth-order valence-corrected chi connectivity index (χ4v) is 0.758. The van der Waals surface area contributed by atoms with E-state index in [1.165, 1.54) is 5.71 Å². The van der Waals surface area contributed by atoms with Gasteiger partial charge in [0.05, 0.1) is 0 Å². The first-order valence-corrected chi connectivity index (χ1v) is 3.98. The summed E-state index contributed by atoms with van der Waals surface area (Å²) in [4.78, 5) is 4.07. The second-order valence-electron chi connectivity index (χ2n) is 2.77.